The largest absolute Gasteiger partial charge is 0.482 e. The molecule has 0 spiro atoms. The highest BCUT2D eigenvalue weighted by Crippen LogP contribution is 2.09. The van der Waals surface area contributed by atoms with Crippen molar-refractivity contribution in [3.8, 4) is 5.75 Å². The molecule has 1 aromatic heterocycles. The van der Waals surface area contributed by atoms with Gasteiger partial charge in [-0.25, -0.2) is 0 Å². The molecule has 2 N–H and O–H groups in total. The summed E-state index contributed by atoms with van der Waals surface area (Å²) in [4.78, 5) is 15.7. The Bertz CT molecular complexity index is 382. The summed E-state index contributed by atoms with van der Waals surface area (Å²) in [7, 11) is 1.86. The van der Waals surface area contributed by atoms with E-state index in [1.165, 1.54) is 0 Å². The third-order valence-corrected chi connectivity index (χ3v) is 2.04. The average molecular weight is 251 g/mol. The zero-order valence-corrected chi connectivity index (χ0v) is 11.4. The molecule has 18 heavy (non-hydrogen) atoms. The van der Waals surface area contributed by atoms with Crippen LogP contribution in [-0.2, 0) is 11.3 Å². The molecule has 1 heterocycles. The van der Waals surface area contributed by atoms with E-state index in [0.29, 0.717) is 12.3 Å². The topological polar surface area (TPSA) is 63.2 Å². The monoisotopic (exact) mass is 251 g/mol. The maximum absolute atomic E-state index is 11.5. The Hall–Kier alpha value is -1.62. The Morgan fingerprint density at radius 3 is 2.61 bits per heavy atom. The molecule has 0 saturated heterocycles. The van der Waals surface area contributed by atoms with Crippen LogP contribution in [-0.4, -0.2) is 30.1 Å². The standard InChI is InChI=1S/C13H21N3O2/c1-13(2,3)16-12(17)9-18-11-6-5-10(7-14-4)15-8-11/h5-6,8,14H,7,9H2,1-4H3,(H,16,17). The van der Waals surface area contributed by atoms with E-state index < -0.39 is 0 Å². The quantitative estimate of drug-likeness (QED) is 0.822. The number of nitrogens with zero attached hydrogens (tertiary/aromatic N) is 1. The molecule has 0 saturated carbocycles. The van der Waals surface area contributed by atoms with E-state index in [9.17, 15) is 4.79 Å². The SMILES string of the molecule is CNCc1ccc(OCC(=O)NC(C)(C)C)cn1. The Morgan fingerprint density at radius 2 is 2.11 bits per heavy atom. The van der Waals surface area contributed by atoms with Gasteiger partial charge in [-0.05, 0) is 40.0 Å². The first-order chi connectivity index (χ1) is 8.40. The number of rotatable bonds is 5. The predicted molar refractivity (Wildman–Crippen MR) is 70.4 cm³/mol. The molecule has 0 aliphatic rings. The van der Waals surface area contributed by atoms with E-state index in [1.807, 2.05) is 40.0 Å². The summed E-state index contributed by atoms with van der Waals surface area (Å²) >= 11 is 0. The lowest BCUT2D eigenvalue weighted by atomic mass is 10.1. The van der Waals surface area contributed by atoms with Crippen molar-refractivity contribution in [2.75, 3.05) is 13.7 Å². The van der Waals surface area contributed by atoms with Crippen LogP contribution in [0.4, 0.5) is 0 Å². The zero-order chi connectivity index (χ0) is 13.6. The molecule has 0 atom stereocenters. The number of amides is 1. The lowest BCUT2D eigenvalue weighted by Gasteiger charge is -2.20. The number of pyridine rings is 1. The third-order valence-electron chi connectivity index (χ3n) is 2.04. The number of hydrogen-bond acceptors (Lipinski definition) is 4. The molecule has 0 fully saturated rings. The van der Waals surface area contributed by atoms with Crippen LogP contribution in [0.25, 0.3) is 0 Å². The number of ether oxygens (including phenoxy) is 1. The summed E-state index contributed by atoms with van der Waals surface area (Å²) in [6, 6.07) is 3.68. The lowest BCUT2D eigenvalue weighted by Crippen LogP contribution is -2.43. The van der Waals surface area contributed by atoms with Gasteiger partial charge in [0.2, 0.25) is 0 Å². The third kappa shape index (κ3) is 5.63. The lowest BCUT2D eigenvalue weighted by molar-refractivity contribution is -0.124. The number of carbonyl (C=O) groups excluding carboxylic acids is 1. The number of nitrogens with one attached hydrogen (secondary N) is 2. The molecule has 100 valence electrons. The van der Waals surface area contributed by atoms with Crippen molar-refractivity contribution in [1.82, 2.24) is 15.6 Å². The molecule has 0 radical (unpaired) electrons. The van der Waals surface area contributed by atoms with E-state index in [1.54, 1.807) is 6.20 Å². The van der Waals surface area contributed by atoms with Gasteiger partial charge < -0.3 is 15.4 Å². The minimum Gasteiger partial charge on any atom is -0.482 e. The number of hydrogen-bond donors (Lipinski definition) is 2. The summed E-state index contributed by atoms with van der Waals surface area (Å²) in [6.07, 6.45) is 1.62. The fourth-order valence-corrected chi connectivity index (χ4v) is 1.39. The van der Waals surface area contributed by atoms with Crippen LogP contribution in [0, 0.1) is 0 Å². The smallest absolute Gasteiger partial charge is 0.258 e. The summed E-state index contributed by atoms with van der Waals surface area (Å²) in [5.41, 5.74) is 0.694. The van der Waals surface area contributed by atoms with Gasteiger partial charge in [0.25, 0.3) is 5.91 Å². The number of aromatic nitrogens is 1. The van der Waals surface area contributed by atoms with E-state index >= 15 is 0 Å². The van der Waals surface area contributed by atoms with Gasteiger partial charge in [0.1, 0.15) is 5.75 Å². The summed E-state index contributed by atoms with van der Waals surface area (Å²) < 4.78 is 5.35. The predicted octanol–water partition coefficient (Wildman–Crippen LogP) is 1.09. The van der Waals surface area contributed by atoms with Crippen molar-refractivity contribution in [3.05, 3.63) is 24.0 Å². The Kier molecular flexibility index (Phi) is 5.09. The minimum atomic E-state index is -0.241. The fourth-order valence-electron chi connectivity index (χ4n) is 1.39. The van der Waals surface area contributed by atoms with Crippen molar-refractivity contribution in [3.63, 3.8) is 0 Å². The van der Waals surface area contributed by atoms with Crippen LogP contribution < -0.4 is 15.4 Å². The highest BCUT2D eigenvalue weighted by atomic mass is 16.5. The second-order valence-corrected chi connectivity index (χ2v) is 5.10. The van der Waals surface area contributed by atoms with Crippen LogP contribution in [0.3, 0.4) is 0 Å². The van der Waals surface area contributed by atoms with Gasteiger partial charge in [-0.2, -0.15) is 0 Å². The maximum atomic E-state index is 11.5. The first-order valence-corrected chi connectivity index (χ1v) is 5.94. The summed E-state index contributed by atoms with van der Waals surface area (Å²) in [6.45, 7) is 6.51. The normalized spacial score (nSPS) is 11.1. The molecule has 1 rings (SSSR count). The van der Waals surface area contributed by atoms with Gasteiger partial charge in [-0.1, -0.05) is 0 Å². The Labute approximate surface area is 108 Å². The van der Waals surface area contributed by atoms with Crippen molar-refractivity contribution < 1.29 is 9.53 Å². The highest BCUT2D eigenvalue weighted by molar-refractivity contribution is 5.78. The van der Waals surface area contributed by atoms with Crippen LogP contribution in [0.15, 0.2) is 18.3 Å². The first-order valence-electron chi connectivity index (χ1n) is 5.94. The molecule has 1 aromatic rings. The van der Waals surface area contributed by atoms with Gasteiger partial charge in [-0.15, -0.1) is 0 Å². The second kappa shape index (κ2) is 6.35. The molecule has 0 aliphatic heterocycles. The Morgan fingerprint density at radius 1 is 1.39 bits per heavy atom. The minimum absolute atomic E-state index is 0.00429. The van der Waals surface area contributed by atoms with Crippen LogP contribution in [0.2, 0.25) is 0 Å². The molecule has 5 nitrogen and oxygen atoms in total. The van der Waals surface area contributed by atoms with E-state index in [2.05, 4.69) is 15.6 Å². The van der Waals surface area contributed by atoms with E-state index in [4.69, 9.17) is 4.74 Å². The molecule has 1 amide bonds. The second-order valence-electron chi connectivity index (χ2n) is 5.10. The fraction of sp³-hybridized carbons (Fsp3) is 0.538. The van der Waals surface area contributed by atoms with Crippen molar-refractivity contribution in [2.45, 2.75) is 32.9 Å². The van der Waals surface area contributed by atoms with Crippen LogP contribution in [0.1, 0.15) is 26.5 Å². The van der Waals surface area contributed by atoms with Crippen molar-refractivity contribution in [1.29, 1.82) is 0 Å². The molecule has 0 aromatic carbocycles. The highest BCUT2D eigenvalue weighted by Gasteiger charge is 2.13. The number of carbonyl (C=O) groups is 1. The average Bonchev–Trinajstić information content (AvgIpc) is 2.26. The van der Waals surface area contributed by atoms with E-state index in [-0.39, 0.29) is 18.1 Å². The van der Waals surface area contributed by atoms with Gasteiger partial charge in [0.05, 0.1) is 11.9 Å². The summed E-state index contributed by atoms with van der Waals surface area (Å²) in [5.74, 6) is 0.459. The molecule has 5 heteroatoms. The van der Waals surface area contributed by atoms with Gasteiger partial charge in [-0.3, -0.25) is 9.78 Å². The van der Waals surface area contributed by atoms with Gasteiger partial charge in [0.15, 0.2) is 6.61 Å². The molecule has 0 unspecified atom stereocenters. The molecule has 0 bridgehead atoms. The first kappa shape index (κ1) is 14.4. The molecular formula is C13H21N3O2. The maximum Gasteiger partial charge on any atom is 0.258 e. The molecular weight excluding hydrogens is 230 g/mol. The van der Waals surface area contributed by atoms with Gasteiger partial charge >= 0.3 is 0 Å². The molecule has 0 aliphatic carbocycles. The summed E-state index contributed by atoms with van der Waals surface area (Å²) in [5, 5.41) is 5.84. The van der Waals surface area contributed by atoms with E-state index in [0.717, 1.165) is 5.69 Å². The van der Waals surface area contributed by atoms with Crippen molar-refractivity contribution >= 4 is 5.91 Å². The zero-order valence-electron chi connectivity index (χ0n) is 11.4. The van der Waals surface area contributed by atoms with Crippen LogP contribution in [0.5, 0.6) is 5.75 Å². The van der Waals surface area contributed by atoms with Gasteiger partial charge in [0, 0.05) is 12.1 Å². The van der Waals surface area contributed by atoms with Crippen molar-refractivity contribution in [2.24, 2.45) is 0 Å². The van der Waals surface area contributed by atoms with Crippen LogP contribution >= 0.6 is 0 Å². The Balaban J connectivity index is 2.41.